The lowest BCUT2D eigenvalue weighted by Gasteiger charge is -2.16. The van der Waals surface area contributed by atoms with Crippen molar-refractivity contribution < 1.29 is 19.4 Å². The van der Waals surface area contributed by atoms with Crippen LogP contribution in [0.25, 0.3) is 0 Å². The normalized spacial score (nSPS) is 11.6. The predicted octanol–water partition coefficient (Wildman–Crippen LogP) is 1.57. The van der Waals surface area contributed by atoms with Crippen LogP contribution in [0.5, 0.6) is 5.75 Å². The smallest absolute Gasteiger partial charge is 0.279 e. The zero-order valence-electron chi connectivity index (χ0n) is 14.5. The van der Waals surface area contributed by atoms with Gasteiger partial charge in [-0.3, -0.25) is 14.9 Å². The average Bonchev–Trinajstić information content (AvgIpc) is 2.56. The van der Waals surface area contributed by atoms with Crippen molar-refractivity contribution in [3.8, 4) is 5.75 Å². The van der Waals surface area contributed by atoms with Gasteiger partial charge in [-0.25, -0.2) is 0 Å². The summed E-state index contributed by atoms with van der Waals surface area (Å²) in [5.74, 6) is 0.0809. The minimum absolute atomic E-state index is 0.0860. The lowest BCUT2D eigenvalue weighted by molar-refractivity contribution is -0.885. The largest absolute Gasteiger partial charge is 0.494 e. The van der Waals surface area contributed by atoms with E-state index in [0.29, 0.717) is 5.69 Å². The number of likely N-dealkylation sites (N-methyl/N-ethyl adjacent to an activating group) is 1. The molecule has 0 radical (unpaired) electrons. The second-order valence-corrected chi connectivity index (χ2v) is 5.93. The standard InChI is InChI=1S/C18H21N3O4/c1-13-6-4-5-7-14(13)11-20(2)12-18(22)19-16-9-8-15(21(23)24)10-17(16)25-3/h4-10H,11-12H2,1-3H3,(H,19,22)/p+1. The van der Waals surface area contributed by atoms with Crippen molar-refractivity contribution in [1.82, 2.24) is 0 Å². The van der Waals surface area contributed by atoms with Crippen LogP contribution in [0.1, 0.15) is 11.1 Å². The Balaban J connectivity index is 2.00. The first-order chi connectivity index (χ1) is 11.9. The van der Waals surface area contributed by atoms with Gasteiger partial charge in [-0.1, -0.05) is 24.3 Å². The molecule has 0 saturated heterocycles. The summed E-state index contributed by atoms with van der Waals surface area (Å²) in [6, 6.07) is 12.2. The molecule has 0 fully saturated rings. The van der Waals surface area contributed by atoms with Crippen LogP contribution in [0.3, 0.4) is 0 Å². The van der Waals surface area contributed by atoms with Crippen LogP contribution in [-0.4, -0.2) is 31.5 Å². The molecule has 25 heavy (non-hydrogen) atoms. The molecule has 1 atom stereocenters. The average molecular weight is 344 g/mol. The minimum atomic E-state index is -0.506. The number of carbonyl (C=O) groups excluding carboxylic acids is 1. The Morgan fingerprint density at radius 3 is 2.64 bits per heavy atom. The van der Waals surface area contributed by atoms with E-state index in [1.165, 1.54) is 36.4 Å². The van der Waals surface area contributed by atoms with Gasteiger partial charge in [-0.2, -0.15) is 0 Å². The summed E-state index contributed by atoms with van der Waals surface area (Å²) in [5, 5.41) is 13.6. The number of benzene rings is 2. The number of aryl methyl sites for hydroxylation is 1. The molecule has 132 valence electrons. The summed E-state index contributed by atoms with van der Waals surface area (Å²) in [7, 11) is 3.35. The number of anilines is 1. The Kier molecular flexibility index (Phi) is 6.08. The Bertz CT molecular complexity index is 777. The van der Waals surface area contributed by atoms with Gasteiger partial charge in [0.1, 0.15) is 12.3 Å². The number of amides is 1. The van der Waals surface area contributed by atoms with E-state index in [1.807, 2.05) is 32.2 Å². The number of methoxy groups -OCH3 is 1. The molecule has 2 aromatic rings. The second kappa shape index (κ2) is 8.25. The van der Waals surface area contributed by atoms with Gasteiger partial charge in [0.05, 0.1) is 30.8 Å². The number of nitro benzene ring substituents is 1. The third-order valence-electron chi connectivity index (χ3n) is 3.89. The molecule has 7 nitrogen and oxygen atoms in total. The van der Waals surface area contributed by atoms with Gasteiger partial charge in [-0.15, -0.1) is 0 Å². The van der Waals surface area contributed by atoms with E-state index < -0.39 is 4.92 Å². The molecule has 2 aromatic carbocycles. The zero-order chi connectivity index (χ0) is 18.4. The summed E-state index contributed by atoms with van der Waals surface area (Å²) < 4.78 is 5.13. The Hall–Kier alpha value is -2.93. The molecule has 0 heterocycles. The summed E-state index contributed by atoms with van der Waals surface area (Å²) in [5.41, 5.74) is 2.72. The molecule has 0 aliphatic carbocycles. The first kappa shape index (κ1) is 18.4. The first-order valence-electron chi connectivity index (χ1n) is 7.88. The van der Waals surface area contributed by atoms with Gasteiger partial charge in [-0.05, 0) is 18.6 Å². The molecule has 0 aromatic heterocycles. The van der Waals surface area contributed by atoms with Crippen molar-refractivity contribution in [1.29, 1.82) is 0 Å². The van der Waals surface area contributed by atoms with Crippen molar-refractivity contribution in [2.45, 2.75) is 13.5 Å². The number of ether oxygens (including phenoxy) is 1. The van der Waals surface area contributed by atoms with E-state index in [-0.39, 0.29) is 23.9 Å². The van der Waals surface area contributed by atoms with Crippen LogP contribution in [0.4, 0.5) is 11.4 Å². The number of non-ortho nitro benzene ring substituents is 1. The summed E-state index contributed by atoms with van der Waals surface area (Å²) >= 11 is 0. The number of hydrogen-bond acceptors (Lipinski definition) is 4. The van der Waals surface area contributed by atoms with Crippen LogP contribution in [-0.2, 0) is 11.3 Å². The molecule has 1 amide bonds. The summed E-state index contributed by atoms with van der Waals surface area (Å²) in [6.07, 6.45) is 0. The highest BCUT2D eigenvalue weighted by Gasteiger charge is 2.16. The molecule has 2 N–H and O–H groups in total. The minimum Gasteiger partial charge on any atom is -0.494 e. The summed E-state index contributed by atoms with van der Waals surface area (Å²) in [4.78, 5) is 23.6. The first-order valence-corrected chi connectivity index (χ1v) is 7.88. The number of rotatable bonds is 7. The maximum atomic E-state index is 12.3. The van der Waals surface area contributed by atoms with E-state index in [4.69, 9.17) is 4.74 Å². The molecule has 0 aliphatic rings. The van der Waals surface area contributed by atoms with Gasteiger partial charge in [0.2, 0.25) is 0 Å². The lowest BCUT2D eigenvalue weighted by Crippen LogP contribution is -3.08. The van der Waals surface area contributed by atoms with Crippen molar-refractivity contribution >= 4 is 17.3 Å². The van der Waals surface area contributed by atoms with E-state index in [1.54, 1.807) is 0 Å². The molecule has 7 heteroatoms. The highest BCUT2D eigenvalue weighted by atomic mass is 16.6. The Labute approximate surface area is 146 Å². The van der Waals surface area contributed by atoms with Crippen molar-refractivity contribution in [2.24, 2.45) is 0 Å². The van der Waals surface area contributed by atoms with Gasteiger partial charge in [0, 0.05) is 11.6 Å². The Morgan fingerprint density at radius 2 is 2.00 bits per heavy atom. The number of quaternary nitrogens is 1. The number of carbonyl (C=O) groups is 1. The maximum absolute atomic E-state index is 12.3. The van der Waals surface area contributed by atoms with Gasteiger partial charge in [0.25, 0.3) is 11.6 Å². The quantitative estimate of drug-likeness (QED) is 0.590. The van der Waals surface area contributed by atoms with Gasteiger partial charge < -0.3 is 15.0 Å². The molecule has 2 rings (SSSR count). The van der Waals surface area contributed by atoms with Crippen LogP contribution in [0.2, 0.25) is 0 Å². The van der Waals surface area contributed by atoms with Crippen molar-refractivity contribution in [3.63, 3.8) is 0 Å². The molecule has 0 spiro atoms. The number of nitrogens with one attached hydrogen (secondary N) is 2. The number of nitro groups is 1. The third-order valence-corrected chi connectivity index (χ3v) is 3.89. The predicted molar refractivity (Wildman–Crippen MR) is 94.9 cm³/mol. The van der Waals surface area contributed by atoms with Crippen LogP contribution in [0.15, 0.2) is 42.5 Å². The zero-order valence-corrected chi connectivity index (χ0v) is 14.5. The molecular weight excluding hydrogens is 322 g/mol. The number of nitrogens with zero attached hydrogens (tertiary/aromatic N) is 1. The fourth-order valence-electron chi connectivity index (χ4n) is 2.56. The molecule has 0 bridgehead atoms. The van der Waals surface area contributed by atoms with Crippen LogP contribution in [0, 0.1) is 17.0 Å². The second-order valence-electron chi connectivity index (χ2n) is 5.93. The van der Waals surface area contributed by atoms with Gasteiger partial charge >= 0.3 is 0 Å². The molecule has 0 aliphatic heterocycles. The van der Waals surface area contributed by atoms with E-state index in [9.17, 15) is 14.9 Å². The van der Waals surface area contributed by atoms with Crippen molar-refractivity contribution in [2.75, 3.05) is 26.0 Å². The fraction of sp³-hybridized carbons (Fsp3) is 0.278. The van der Waals surface area contributed by atoms with Crippen molar-refractivity contribution in [3.05, 3.63) is 63.7 Å². The SMILES string of the molecule is COc1cc([N+](=O)[O-])ccc1NC(=O)C[NH+](C)Cc1ccccc1C. The van der Waals surface area contributed by atoms with Gasteiger partial charge in [0.15, 0.2) is 6.54 Å². The Morgan fingerprint density at radius 1 is 1.28 bits per heavy atom. The molecule has 1 unspecified atom stereocenters. The van der Waals surface area contributed by atoms with E-state index in [2.05, 4.69) is 11.4 Å². The van der Waals surface area contributed by atoms with Crippen LogP contribution < -0.4 is 15.0 Å². The topological polar surface area (TPSA) is 85.9 Å². The van der Waals surface area contributed by atoms with Crippen LogP contribution >= 0.6 is 0 Å². The fourth-order valence-corrected chi connectivity index (χ4v) is 2.56. The lowest BCUT2D eigenvalue weighted by atomic mass is 10.1. The third kappa shape index (κ3) is 5.02. The highest BCUT2D eigenvalue weighted by molar-refractivity contribution is 5.93. The maximum Gasteiger partial charge on any atom is 0.279 e. The summed E-state index contributed by atoms with van der Waals surface area (Å²) in [6.45, 7) is 3.05. The van der Waals surface area contributed by atoms with E-state index >= 15 is 0 Å². The number of hydrogen-bond donors (Lipinski definition) is 2. The van der Waals surface area contributed by atoms with E-state index in [0.717, 1.165) is 11.4 Å². The highest BCUT2D eigenvalue weighted by Crippen LogP contribution is 2.28. The molecular formula is C18H22N3O4+. The monoisotopic (exact) mass is 344 g/mol. The molecule has 0 saturated carbocycles.